The third-order valence-corrected chi connectivity index (χ3v) is 4.48. The molecule has 1 aliphatic heterocycles. The maximum absolute atomic E-state index is 13.6. The van der Waals surface area contributed by atoms with Gasteiger partial charge in [0.1, 0.15) is 5.82 Å². The van der Waals surface area contributed by atoms with Gasteiger partial charge in [-0.25, -0.2) is 12.8 Å². The summed E-state index contributed by atoms with van der Waals surface area (Å²) in [6, 6.07) is 5.98. The lowest BCUT2D eigenvalue weighted by atomic mass is 10.3. The van der Waals surface area contributed by atoms with Crippen LogP contribution in [-0.2, 0) is 10.0 Å². The Morgan fingerprint density at radius 1 is 1.24 bits per heavy atom. The highest BCUT2D eigenvalue weighted by atomic mass is 32.2. The van der Waals surface area contributed by atoms with Crippen molar-refractivity contribution < 1.29 is 12.8 Å². The Balaban J connectivity index is 2.36. The molecule has 0 saturated carbocycles. The van der Waals surface area contributed by atoms with Crippen LogP contribution in [0.3, 0.4) is 0 Å². The zero-order valence-electron chi connectivity index (χ0n) is 9.39. The number of rotatable bonds is 1. The fourth-order valence-corrected chi connectivity index (χ4v) is 3.33. The Morgan fingerprint density at radius 3 is 2.76 bits per heavy atom. The normalized spacial score (nSPS) is 20.6. The van der Waals surface area contributed by atoms with E-state index >= 15 is 0 Å². The van der Waals surface area contributed by atoms with Gasteiger partial charge in [0.2, 0.25) is 10.0 Å². The Morgan fingerprint density at radius 2 is 2.00 bits per heavy atom. The quantitative estimate of drug-likeness (QED) is 0.816. The third-order valence-electron chi connectivity index (χ3n) is 2.71. The Hall–Kier alpha value is -1.14. The van der Waals surface area contributed by atoms with E-state index in [1.165, 1.54) is 16.4 Å². The van der Waals surface area contributed by atoms with Gasteiger partial charge in [-0.15, -0.1) is 0 Å². The first-order valence-corrected chi connectivity index (χ1v) is 7.18. The highest BCUT2D eigenvalue weighted by Crippen LogP contribution is 2.22. The first-order valence-electron chi connectivity index (χ1n) is 5.57. The molecule has 6 heteroatoms. The molecule has 0 spiro atoms. The molecule has 4 nitrogen and oxygen atoms in total. The summed E-state index contributed by atoms with van der Waals surface area (Å²) in [5.74, 6) is -0.494. The van der Waals surface area contributed by atoms with Crippen molar-refractivity contribution in [3.8, 4) is 0 Å². The summed E-state index contributed by atoms with van der Waals surface area (Å²) in [6.07, 6.45) is 0.674. The lowest BCUT2D eigenvalue weighted by molar-refractivity contribution is 0.566. The van der Waals surface area contributed by atoms with Crippen molar-refractivity contribution in [2.75, 3.05) is 29.7 Å². The van der Waals surface area contributed by atoms with Crippen molar-refractivity contribution >= 4 is 15.7 Å². The minimum absolute atomic E-state index is 0.00132. The molecular formula is C11H15FN2O2S. The number of nitrogens with one attached hydrogen (secondary N) is 1. The maximum Gasteiger partial charge on any atom is 0.236 e. The molecule has 0 amide bonds. The average Bonchev–Trinajstić information content (AvgIpc) is 2.27. The smallest absolute Gasteiger partial charge is 0.236 e. The minimum Gasteiger partial charge on any atom is -0.316 e. The Bertz CT molecular complexity index is 490. The van der Waals surface area contributed by atoms with Crippen LogP contribution < -0.4 is 9.62 Å². The number of hydrogen-bond donors (Lipinski definition) is 1. The molecule has 17 heavy (non-hydrogen) atoms. The summed E-state index contributed by atoms with van der Waals surface area (Å²) in [6.45, 7) is 1.48. The van der Waals surface area contributed by atoms with Gasteiger partial charge in [-0.2, -0.15) is 0 Å². The van der Waals surface area contributed by atoms with Crippen LogP contribution in [0.15, 0.2) is 24.3 Å². The molecule has 0 bridgehead atoms. The molecule has 1 fully saturated rings. The van der Waals surface area contributed by atoms with Gasteiger partial charge >= 0.3 is 0 Å². The fraction of sp³-hybridized carbons (Fsp3) is 0.455. The van der Waals surface area contributed by atoms with Crippen molar-refractivity contribution in [1.82, 2.24) is 5.32 Å². The van der Waals surface area contributed by atoms with Crippen molar-refractivity contribution in [1.29, 1.82) is 0 Å². The molecule has 0 atom stereocenters. The van der Waals surface area contributed by atoms with E-state index in [4.69, 9.17) is 0 Å². The molecule has 1 aliphatic rings. The van der Waals surface area contributed by atoms with Crippen LogP contribution >= 0.6 is 0 Å². The topological polar surface area (TPSA) is 49.4 Å². The Kier molecular flexibility index (Phi) is 3.63. The molecule has 0 aliphatic carbocycles. The monoisotopic (exact) mass is 258 g/mol. The van der Waals surface area contributed by atoms with E-state index < -0.39 is 15.8 Å². The first-order chi connectivity index (χ1) is 8.11. The fourth-order valence-electron chi connectivity index (χ4n) is 1.85. The average molecular weight is 258 g/mol. The van der Waals surface area contributed by atoms with Crippen LogP contribution in [0.2, 0.25) is 0 Å². The van der Waals surface area contributed by atoms with Gasteiger partial charge in [-0.3, -0.25) is 4.31 Å². The van der Waals surface area contributed by atoms with E-state index in [9.17, 15) is 12.8 Å². The van der Waals surface area contributed by atoms with Crippen molar-refractivity contribution in [2.24, 2.45) is 0 Å². The summed E-state index contributed by atoms with van der Waals surface area (Å²) < 4.78 is 38.9. The number of nitrogens with zero attached hydrogens (tertiary/aromatic N) is 1. The maximum atomic E-state index is 13.6. The van der Waals surface area contributed by atoms with E-state index in [-0.39, 0.29) is 11.4 Å². The lowest BCUT2D eigenvalue weighted by Crippen LogP contribution is -2.41. The van der Waals surface area contributed by atoms with Crippen LogP contribution in [0.4, 0.5) is 10.1 Å². The summed E-state index contributed by atoms with van der Waals surface area (Å²) in [7, 11) is -3.43. The number of anilines is 1. The molecule has 2 rings (SSSR count). The number of halogens is 1. The van der Waals surface area contributed by atoms with Gasteiger partial charge in [0, 0.05) is 13.1 Å². The first kappa shape index (κ1) is 12.3. The predicted molar refractivity (Wildman–Crippen MR) is 65.0 cm³/mol. The van der Waals surface area contributed by atoms with Crippen LogP contribution in [0, 0.1) is 5.82 Å². The third kappa shape index (κ3) is 2.76. The molecule has 1 heterocycles. The van der Waals surface area contributed by atoms with Crippen LogP contribution in [0.1, 0.15) is 6.42 Å². The van der Waals surface area contributed by atoms with Crippen molar-refractivity contribution in [3.05, 3.63) is 30.1 Å². The van der Waals surface area contributed by atoms with E-state index in [1.807, 2.05) is 0 Å². The summed E-state index contributed by atoms with van der Waals surface area (Å²) in [5, 5.41) is 3.03. The molecule has 1 saturated heterocycles. The number of benzene rings is 1. The highest BCUT2D eigenvalue weighted by molar-refractivity contribution is 7.92. The van der Waals surface area contributed by atoms with Gasteiger partial charge in [0.05, 0.1) is 11.4 Å². The van der Waals surface area contributed by atoms with E-state index in [0.717, 1.165) is 6.54 Å². The molecular weight excluding hydrogens is 243 g/mol. The molecule has 1 aromatic rings. The largest absolute Gasteiger partial charge is 0.316 e. The second kappa shape index (κ2) is 5.01. The second-order valence-electron chi connectivity index (χ2n) is 3.94. The number of sulfonamides is 1. The van der Waals surface area contributed by atoms with E-state index in [2.05, 4.69) is 5.32 Å². The summed E-state index contributed by atoms with van der Waals surface area (Å²) in [5.41, 5.74) is 0.148. The molecule has 1 N–H and O–H groups in total. The second-order valence-corrected chi connectivity index (χ2v) is 5.96. The molecule has 0 radical (unpaired) electrons. The van der Waals surface area contributed by atoms with Gasteiger partial charge in [-0.05, 0) is 25.1 Å². The van der Waals surface area contributed by atoms with Crippen LogP contribution in [0.25, 0.3) is 0 Å². The van der Waals surface area contributed by atoms with Gasteiger partial charge in [0.25, 0.3) is 0 Å². The van der Waals surface area contributed by atoms with Gasteiger partial charge in [0.15, 0.2) is 0 Å². The van der Waals surface area contributed by atoms with Gasteiger partial charge < -0.3 is 5.32 Å². The number of para-hydroxylation sites is 1. The SMILES string of the molecule is O=S1(=O)CCNCCCN1c1ccccc1F. The highest BCUT2D eigenvalue weighted by Gasteiger charge is 2.25. The van der Waals surface area contributed by atoms with Crippen LogP contribution in [0.5, 0.6) is 0 Å². The minimum atomic E-state index is -3.43. The summed E-state index contributed by atoms with van der Waals surface area (Å²) in [4.78, 5) is 0. The van der Waals surface area contributed by atoms with Crippen LogP contribution in [-0.4, -0.2) is 33.8 Å². The Labute approximate surface area is 100 Å². The lowest BCUT2D eigenvalue weighted by Gasteiger charge is -2.26. The molecule has 1 aromatic carbocycles. The summed E-state index contributed by atoms with van der Waals surface area (Å²) >= 11 is 0. The van der Waals surface area contributed by atoms with Crippen molar-refractivity contribution in [2.45, 2.75) is 6.42 Å². The van der Waals surface area contributed by atoms with Crippen molar-refractivity contribution in [3.63, 3.8) is 0 Å². The molecule has 94 valence electrons. The number of hydrogen-bond acceptors (Lipinski definition) is 3. The molecule has 0 aromatic heterocycles. The predicted octanol–water partition coefficient (Wildman–Crippen LogP) is 0.955. The van der Waals surface area contributed by atoms with E-state index in [1.54, 1.807) is 12.1 Å². The van der Waals surface area contributed by atoms with E-state index in [0.29, 0.717) is 19.5 Å². The molecule has 0 unspecified atom stereocenters. The standard InChI is InChI=1S/C11H15FN2O2S/c12-10-4-1-2-5-11(10)14-8-3-6-13-7-9-17(14,15)16/h1-2,4-5,13H,3,6-9H2. The van der Waals surface area contributed by atoms with Gasteiger partial charge in [-0.1, -0.05) is 12.1 Å². The zero-order chi connectivity index (χ0) is 12.3. The zero-order valence-corrected chi connectivity index (χ0v) is 10.2.